The molecular weight excluding hydrogens is 130 g/mol. The van der Waals surface area contributed by atoms with Gasteiger partial charge in [-0.25, -0.2) is 0 Å². The minimum absolute atomic E-state index is 0.120. The van der Waals surface area contributed by atoms with Gasteiger partial charge in [-0.15, -0.1) is 0 Å². The van der Waals surface area contributed by atoms with Crippen molar-refractivity contribution in [3.05, 3.63) is 23.6 Å². The Bertz CT molecular complexity index is 240. The van der Waals surface area contributed by atoms with Crippen LogP contribution in [0.25, 0.3) is 0 Å². The van der Waals surface area contributed by atoms with E-state index in [1.54, 1.807) is 0 Å². The molecule has 0 atom stereocenters. The molecule has 1 heterocycles. The number of rotatable bonds is 0. The number of allylic oxidation sites excluding steroid dienone is 3. The third-order valence-electron chi connectivity index (χ3n) is 1.57. The molecule has 3 heteroatoms. The normalized spacial score (nSPS) is 22.2. The van der Waals surface area contributed by atoms with E-state index in [2.05, 4.69) is 5.32 Å². The van der Waals surface area contributed by atoms with Crippen LogP contribution in [0, 0.1) is 0 Å². The van der Waals surface area contributed by atoms with Crippen LogP contribution >= 0.6 is 0 Å². The molecule has 0 spiro atoms. The highest BCUT2D eigenvalue weighted by Crippen LogP contribution is 2.18. The molecule has 0 amide bonds. The lowest BCUT2D eigenvalue weighted by molar-refractivity contribution is -0.115. The molecule has 0 aromatic carbocycles. The summed E-state index contributed by atoms with van der Waals surface area (Å²) in [7, 11) is 0. The van der Waals surface area contributed by atoms with Gasteiger partial charge in [0.15, 0.2) is 12.5 Å². The topological polar surface area (TPSA) is 38.3 Å². The summed E-state index contributed by atoms with van der Waals surface area (Å²) in [5, 5.41) is 2.86. The number of nitrogens with one attached hydrogen (secondary N) is 1. The minimum atomic E-state index is 0.120. The average molecular weight is 137 g/mol. The lowest BCUT2D eigenvalue weighted by atomic mass is 10.1. The van der Waals surface area contributed by atoms with Gasteiger partial charge in [-0.1, -0.05) is 6.08 Å². The number of Topliss-reactive ketones (excluding diaryl/α,β-unsaturated/α-hetero) is 1. The van der Waals surface area contributed by atoms with Crippen molar-refractivity contribution in [3.8, 4) is 0 Å². The van der Waals surface area contributed by atoms with E-state index in [0.717, 1.165) is 0 Å². The van der Waals surface area contributed by atoms with E-state index >= 15 is 0 Å². The highest BCUT2D eigenvalue weighted by Gasteiger charge is 2.21. The summed E-state index contributed by atoms with van der Waals surface area (Å²) in [4.78, 5) is 11.0. The Labute approximate surface area is 58.4 Å². The molecule has 0 saturated heterocycles. The fraction of sp³-hybridized carbons (Fsp3) is 0.286. The largest absolute Gasteiger partial charge is 0.471 e. The van der Waals surface area contributed by atoms with Crippen LogP contribution in [0.5, 0.6) is 0 Å². The van der Waals surface area contributed by atoms with Gasteiger partial charge in [0.2, 0.25) is 0 Å². The molecule has 10 heavy (non-hydrogen) atoms. The van der Waals surface area contributed by atoms with E-state index in [1.165, 1.54) is 0 Å². The molecule has 0 radical (unpaired) electrons. The first kappa shape index (κ1) is 5.53. The van der Waals surface area contributed by atoms with Crippen molar-refractivity contribution in [1.82, 2.24) is 5.32 Å². The van der Waals surface area contributed by atoms with Crippen LogP contribution in [-0.2, 0) is 9.53 Å². The van der Waals surface area contributed by atoms with Crippen molar-refractivity contribution in [1.29, 1.82) is 0 Å². The second-order valence-electron chi connectivity index (χ2n) is 2.23. The van der Waals surface area contributed by atoms with Gasteiger partial charge in [-0.05, 0) is 6.08 Å². The molecule has 0 aromatic heterocycles. The Morgan fingerprint density at radius 3 is 3.30 bits per heavy atom. The third-order valence-corrected chi connectivity index (χ3v) is 1.57. The number of ether oxygens (including phenoxy) is 1. The van der Waals surface area contributed by atoms with Gasteiger partial charge in [0.05, 0.1) is 0 Å². The average Bonchev–Trinajstić information content (AvgIpc) is 2.36. The molecular formula is C7H7NO2. The van der Waals surface area contributed by atoms with Crippen molar-refractivity contribution in [2.45, 2.75) is 6.42 Å². The van der Waals surface area contributed by atoms with E-state index in [4.69, 9.17) is 4.74 Å². The molecule has 0 bridgehead atoms. The van der Waals surface area contributed by atoms with Gasteiger partial charge in [0, 0.05) is 6.42 Å². The highest BCUT2D eigenvalue weighted by molar-refractivity contribution is 5.98. The summed E-state index contributed by atoms with van der Waals surface area (Å²) in [5.41, 5.74) is 0.641. The predicted molar refractivity (Wildman–Crippen MR) is 34.9 cm³/mol. The molecule has 0 unspecified atom stereocenters. The number of hydrogen-bond donors (Lipinski definition) is 1. The summed E-state index contributed by atoms with van der Waals surface area (Å²) in [5.74, 6) is 0.811. The maximum absolute atomic E-state index is 11.0. The smallest absolute Gasteiger partial charge is 0.186 e. The quantitative estimate of drug-likeness (QED) is 0.522. The summed E-state index contributed by atoms with van der Waals surface area (Å²) in [6.45, 7) is 0.431. The van der Waals surface area contributed by atoms with Gasteiger partial charge in [-0.3, -0.25) is 4.79 Å². The lowest BCUT2D eigenvalue weighted by Crippen LogP contribution is -2.16. The van der Waals surface area contributed by atoms with E-state index in [0.29, 0.717) is 24.6 Å². The molecule has 2 rings (SSSR count). The molecule has 0 fully saturated rings. The van der Waals surface area contributed by atoms with Gasteiger partial charge >= 0.3 is 0 Å². The second kappa shape index (κ2) is 1.87. The van der Waals surface area contributed by atoms with Crippen molar-refractivity contribution in [2.75, 3.05) is 6.73 Å². The Morgan fingerprint density at radius 1 is 1.60 bits per heavy atom. The summed E-state index contributed by atoms with van der Waals surface area (Å²) < 4.78 is 5.09. The fourth-order valence-electron chi connectivity index (χ4n) is 1.09. The van der Waals surface area contributed by atoms with Crippen molar-refractivity contribution < 1.29 is 9.53 Å². The first-order valence-corrected chi connectivity index (χ1v) is 3.18. The Kier molecular flexibility index (Phi) is 1.03. The Morgan fingerprint density at radius 2 is 2.50 bits per heavy atom. The number of carbonyl (C=O) groups is 1. The van der Waals surface area contributed by atoms with Crippen LogP contribution in [0.1, 0.15) is 6.42 Å². The molecule has 3 nitrogen and oxygen atoms in total. The van der Waals surface area contributed by atoms with Crippen molar-refractivity contribution in [3.63, 3.8) is 0 Å². The Balaban J connectivity index is 2.39. The number of ketones is 1. The standard InChI is InChI=1S/C7H7NO2/c9-5-2-1-3-6-7(5)8-4-10-6/h1,3,8H,2,4H2. The number of carbonyl (C=O) groups excluding carboxylic acids is 1. The van der Waals surface area contributed by atoms with Gasteiger partial charge in [-0.2, -0.15) is 0 Å². The Hall–Kier alpha value is -1.25. The van der Waals surface area contributed by atoms with E-state index in [-0.39, 0.29) is 5.78 Å². The molecule has 52 valence electrons. The maximum Gasteiger partial charge on any atom is 0.186 e. The zero-order valence-corrected chi connectivity index (χ0v) is 5.39. The molecule has 1 aliphatic carbocycles. The summed E-state index contributed by atoms with van der Waals surface area (Å²) in [6.07, 6.45) is 4.14. The van der Waals surface area contributed by atoms with Crippen molar-refractivity contribution in [2.24, 2.45) is 0 Å². The van der Waals surface area contributed by atoms with Crippen LogP contribution in [0.15, 0.2) is 23.6 Å². The fourth-order valence-corrected chi connectivity index (χ4v) is 1.09. The summed E-state index contributed by atoms with van der Waals surface area (Å²) >= 11 is 0. The van der Waals surface area contributed by atoms with Crippen molar-refractivity contribution >= 4 is 5.78 Å². The van der Waals surface area contributed by atoms with E-state index in [9.17, 15) is 4.79 Å². The molecule has 1 N–H and O–H groups in total. The zero-order valence-electron chi connectivity index (χ0n) is 5.39. The van der Waals surface area contributed by atoms with Crippen LogP contribution in [0.2, 0.25) is 0 Å². The molecule has 1 aliphatic heterocycles. The van der Waals surface area contributed by atoms with Crippen LogP contribution in [0.4, 0.5) is 0 Å². The molecule has 0 saturated carbocycles. The SMILES string of the molecule is O=C1CC=CC2=C1NCO2. The molecule has 2 aliphatic rings. The van der Waals surface area contributed by atoms with E-state index in [1.807, 2.05) is 12.2 Å². The first-order chi connectivity index (χ1) is 4.88. The van der Waals surface area contributed by atoms with Gasteiger partial charge in [0.1, 0.15) is 11.5 Å². The van der Waals surface area contributed by atoms with Crippen LogP contribution < -0.4 is 5.32 Å². The molecule has 0 aromatic rings. The first-order valence-electron chi connectivity index (χ1n) is 3.18. The summed E-state index contributed by atoms with van der Waals surface area (Å²) in [6, 6.07) is 0. The lowest BCUT2D eigenvalue weighted by Gasteiger charge is -2.02. The second-order valence-corrected chi connectivity index (χ2v) is 2.23. The predicted octanol–water partition coefficient (Wildman–Crippen LogP) is 0.304. The van der Waals surface area contributed by atoms with Crippen LogP contribution in [-0.4, -0.2) is 12.5 Å². The van der Waals surface area contributed by atoms with Gasteiger partial charge in [0.25, 0.3) is 0 Å². The maximum atomic E-state index is 11.0. The van der Waals surface area contributed by atoms with Gasteiger partial charge < -0.3 is 10.1 Å². The van der Waals surface area contributed by atoms with E-state index < -0.39 is 0 Å². The zero-order chi connectivity index (χ0) is 6.97. The monoisotopic (exact) mass is 137 g/mol. The van der Waals surface area contributed by atoms with Crippen LogP contribution in [0.3, 0.4) is 0 Å². The highest BCUT2D eigenvalue weighted by atomic mass is 16.5. The minimum Gasteiger partial charge on any atom is -0.471 e. The number of hydrogen-bond acceptors (Lipinski definition) is 3. The third kappa shape index (κ3) is 0.635.